The van der Waals surface area contributed by atoms with Gasteiger partial charge in [0.05, 0.1) is 10.7 Å². The maximum atomic E-state index is 12.1. The van der Waals surface area contributed by atoms with Gasteiger partial charge in [0.2, 0.25) is 0 Å². The molecule has 1 aromatic heterocycles. The maximum Gasteiger partial charge on any atom is 0.410 e. The number of likely N-dealkylation sites (N-methyl/N-ethyl adjacent to an activating group) is 1. The van der Waals surface area contributed by atoms with E-state index in [1.165, 1.54) is 0 Å². The lowest BCUT2D eigenvalue weighted by molar-refractivity contribution is 0.0264. The van der Waals surface area contributed by atoms with Gasteiger partial charge < -0.3 is 20.3 Å². The lowest BCUT2D eigenvalue weighted by atomic mass is 10.2. The van der Waals surface area contributed by atoms with E-state index in [0.717, 1.165) is 23.7 Å². The molecule has 7 nitrogen and oxygen atoms in total. The summed E-state index contributed by atoms with van der Waals surface area (Å²) in [6, 6.07) is 0. The molecule has 0 radical (unpaired) electrons. The van der Waals surface area contributed by atoms with Crippen LogP contribution < -0.4 is 10.6 Å². The molecule has 0 fully saturated rings. The molecule has 1 heterocycles. The predicted octanol–water partition coefficient (Wildman–Crippen LogP) is 2.42. The standard InChI is InChI=1S/C17H31N5O2S/c1-7-22(16(23)24-17(3,4)5)11-10-20-15(18-6)19-9-8-14-12-25-13(2)21-14/h12H,7-11H2,1-6H3,(H2,18,19,20). The van der Waals surface area contributed by atoms with Crippen LogP contribution in [0.15, 0.2) is 10.4 Å². The number of carbonyl (C=O) groups excluding carboxylic acids is 1. The number of hydrogen-bond acceptors (Lipinski definition) is 5. The first-order valence-corrected chi connectivity index (χ1v) is 9.46. The lowest BCUT2D eigenvalue weighted by Crippen LogP contribution is -2.44. The van der Waals surface area contributed by atoms with E-state index in [-0.39, 0.29) is 6.09 Å². The normalized spacial score (nSPS) is 12.0. The quantitative estimate of drug-likeness (QED) is 0.570. The number of rotatable bonds is 7. The molecule has 1 aromatic rings. The molecule has 25 heavy (non-hydrogen) atoms. The van der Waals surface area contributed by atoms with Crippen LogP contribution in [0.1, 0.15) is 38.4 Å². The Kier molecular flexibility index (Phi) is 8.68. The average Bonchev–Trinajstić information content (AvgIpc) is 2.93. The third-order valence-electron chi connectivity index (χ3n) is 3.27. The number of hydrogen-bond donors (Lipinski definition) is 2. The van der Waals surface area contributed by atoms with Gasteiger partial charge in [-0.05, 0) is 34.6 Å². The first-order valence-electron chi connectivity index (χ1n) is 8.58. The molecule has 142 valence electrons. The fraction of sp³-hybridized carbons (Fsp3) is 0.706. The second kappa shape index (κ2) is 10.2. The van der Waals surface area contributed by atoms with Crippen LogP contribution in [0, 0.1) is 6.92 Å². The van der Waals surface area contributed by atoms with Crippen LogP contribution in [-0.4, -0.2) is 60.8 Å². The topological polar surface area (TPSA) is 78.9 Å². The monoisotopic (exact) mass is 369 g/mol. The number of carbonyl (C=O) groups is 1. The van der Waals surface area contributed by atoms with Gasteiger partial charge in [-0.1, -0.05) is 0 Å². The second-order valence-electron chi connectivity index (χ2n) is 6.59. The van der Waals surface area contributed by atoms with Crippen LogP contribution in [0.2, 0.25) is 0 Å². The van der Waals surface area contributed by atoms with Gasteiger partial charge in [-0.2, -0.15) is 0 Å². The van der Waals surface area contributed by atoms with Gasteiger partial charge in [0.1, 0.15) is 5.60 Å². The van der Waals surface area contributed by atoms with Crippen LogP contribution in [0.5, 0.6) is 0 Å². The van der Waals surface area contributed by atoms with Gasteiger partial charge in [0, 0.05) is 45.0 Å². The van der Waals surface area contributed by atoms with Gasteiger partial charge in [0.25, 0.3) is 0 Å². The number of guanidine groups is 1. The van der Waals surface area contributed by atoms with E-state index in [9.17, 15) is 4.79 Å². The Hall–Kier alpha value is -1.83. The van der Waals surface area contributed by atoms with Crippen molar-refractivity contribution < 1.29 is 9.53 Å². The minimum Gasteiger partial charge on any atom is -0.444 e. The fourth-order valence-corrected chi connectivity index (χ4v) is 2.71. The molecule has 1 rings (SSSR count). The SMILES string of the molecule is CCN(CCNC(=NC)NCCc1csc(C)n1)C(=O)OC(C)(C)C. The number of aliphatic imine (C=N–C) groups is 1. The lowest BCUT2D eigenvalue weighted by Gasteiger charge is -2.26. The third kappa shape index (κ3) is 8.72. The summed E-state index contributed by atoms with van der Waals surface area (Å²) in [5.41, 5.74) is 0.608. The zero-order chi connectivity index (χ0) is 18.9. The van der Waals surface area contributed by atoms with E-state index < -0.39 is 5.60 Å². The molecule has 0 bridgehead atoms. The van der Waals surface area contributed by atoms with Crippen LogP contribution in [-0.2, 0) is 11.2 Å². The smallest absolute Gasteiger partial charge is 0.410 e. The van der Waals surface area contributed by atoms with Crippen molar-refractivity contribution in [2.75, 3.05) is 33.2 Å². The van der Waals surface area contributed by atoms with Crippen molar-refractivity contribution in [2.45, 2.75) is 46.6 Å². The fourth-order valence-electron chi connectivity index (χ4n) is 2.07. The maximum absolute atomic E-state index is 12.1. The summed E-state index contributed by atoms with van der Waals surface area (Å²) in [7, 11) is 1.73. The summed E-state index contributed by atoms with van der Waals surface area (Å²) < 4.78 is 5.40. The van der Waals surface area contributed by atoms with E-state index in [1.54, 1.807) is 23.3 Å². The van der Waals surface area contributed by atoms with Crippen LogP contribution >= 0.6 is 11.3 Å². The van der Waals surface area contributed by atoms with Gasteiger partial charge in [-0.15, -0.1) is 11.3 Å². The highest BCUT2D eigenvalue weighted by atomic mass is 32.1. The number of nitrogens with zero attached hydrogens (tertiary/aromatic N) is 3. The van der Waals surface area contributed by atoms with E-state index >= 15 is 0 Å². The van der Waals surface area contributed by atoms with E-state index in [2.05, 4.69) is 26.0 Å². The molecule has 0 aliphatic rings. The van der Waals surface area contributed by atoms with Crippen LogP contribution in [0.25, 0.3) is 0 Å². The van der Waals surface area contributed by atoms with E-state index in [1.807, 2.05) is 34.6 Å². The Bertz CT molecular complexity index is 566. The summed E-state index contributed by atoms with van der Waals surface area (Å²) in [5, 5.41) is 9.63. The van der Waals surface area contributed by atoms with Crippen molar-refractivity contribution in [1.82, 2.24) is 20.5 Å². The predicted molar refractivity (Wildman–Crippen MR) is 103 cm³/mol. The van der Waals surface area contributed by atoms with Crippen LogP contribution in [0.3, 0.4) is 0 Å². The molecule has 0 aliphatic heterocycles. The van der Waals surface area contributed by atoms with Crippen LogP contribution in [0.4, 0.5) is 4.79 Å². The zero-order valence-electron chi connectivity index (χ0n) is 16.2. The number of amides is 1. The minimum absolute atomic E-state index is 0.293. The van der Waals surface area contributed by atoms with Crippen molar-refractivity contribution >= 4 is 23.4 Å². The highest BCUT2D eigenvalue weighted by Crippen LogP contribution is 2.09. The first kappa shape index (κ1) is 21.2. The van der Waals surface area contributed by atoms with Gasteiger partial charge >= 0.3 is 6.09 Å². The van der Waals surface area contributed by atoms with Gasteiger partial charge in [-0.3, -0.25) is 4.99 Å². The number of aromatic nitrogens is 1. The van der Waals surface area contributed by atoms with E-state index in [4.69, 9.17) is 4.74 Å². The van der Waals surface area contributed by atoms with Crippen molar-refractivity contribution in [2.24, 2.45) is 4.99 Å². The Morgan fingerprint density at radius 2 is 2.04 bits per heavy atom. The molecule has 8 heteroatoms. The Balaban J connectivity index is 2.32. The van der Waals surface area contributed by atoms with Crippen molar-refractivity contribution in [3.8, 4) is 0 Å². The zero-order valence-corrected chi connectivity index (χ0v) is 17.0. The highest BCUT2D eigenvalue weighted by Gasteiger charge is 2.20. The summed E-state index contributed by atoms with van der Waals surface area (Å²) in [5.74, 6) is 0.715. The molecule has 0 aromatic carbocycles. The average molecular weight is 370 g/mol. The van der Waals surface area contributed by atoms with Crippen molar-refractivity contribution in [3.63, 3.8) is 0 Å². The summed E-state index contributed by atoms with van der Waals surface area (Å²) in [6.45, 7) is 12.1. The van der Waals surface area contributed by atoms with E-state index in [0.29, 0.717) is 25.6 Å². The Morgan fingerprint density at radius 3 is 2.56 bits per heavy atom. The second-order valence-corrected chi connectivity index (χ2v) is 7.66. The van der Waals surface area contributed by atoms with Gasteiger partial charge in [0.15, 0.2) is 5.96 Å². The van der Waals surface area contributed by atoms with Gasteiger partial charge in [-0.25, -0.2) is 9.78 Å². The van der Waals surface area contributed by atoms with Crippen molar-refractivity contribution in [1.29, 1.82) is 0 Å². The number of aryl methyl sites for hydroxylation is 1. The molecule has 0 spiro atoms. The molecule has 0 atom stereocenters. The summed E-state index contributed by atoms with van der Waals surface area (Å²) in [4.78, 5) is 22.4. The molecule has 0 saturated heterocycles. The molecule has 1 amide bonds. The molecule has 2 N–H and O–H groups in total. The molecule has 0 aliphatic carbocycles. The molecule has 0 saturated carbocycles. The molecular weight excluding hydrogens is 338 g/mol. The largest absolute Gasteiger partial charge is 0.444 e. The number of ether oxygens (including phenoxy) is 1. The molecule has 0 unspecified atom stereocenters. The van der Waals surface area contributed by atoms with Crippen molar-refractivity contribution in [3.05, 3.63) is 16.1 Å². The Labute approximate surface area is 154 Å². The minimum atomic E-state index is -0.483. The highest BCUT2D eigenvalue weighted by molar-refractivity contribution is 7.09. The third-order valence-corrected chi connectivity index (χ3v) is 4.09. The number of thiazole rings is 1. The number of nitrogens with one attached hydrogen (secondary N) is 2. The summed E-state index contributed by atoms with van der Waals surface area (Å²) in [6.07, 6.45) is 0.558. The molecular formula is C17H31N5O2S. The Morgan fingerprint density at radius 1 is 1.36 bits per heavy atom. The summed E-state index contributed by atoms with van der Waals surface area (Å²) >= 11 is 1.66. The first-order chi connectivity index (χ1) is 11.7.